The molecular formula is C22H22F2N2O4S. The lowest BCUT2D eigenvalue weighted by Gasteiger charge is -2.18. The summed E-state index contributed by atoms with van der Waals surface area (Å²) in [5.41, 5.74) is 1.31. The van der Waals surface area contributed by atoms with Gasteiger partial charge in [0.1, 0.15) is 0 Å². The third kappa shape index (κ3) is 4.71. The molecule has 3 aromatic rings. The molecule has 0 amide bonds. The highest BCUT2D eigenvalue weighted by molar-refractivity contribution is 7.15. The number of aromatic nitrogens is 2. The SMILES string of the molecule is CCOC(=O)c1c(/C=C/c2cccc(OC(F)F)c2OC2CCCC2)nc2sccn12. The molecule has 0 atom stereocenters. The second-order valence-corrected chi connectivity index (χ2v) is 7.91. The third-order valence-electron chi connectivity index (χ3n) is 4.99. The lowest BCUT2D eigenvalue weighted by atomic mass is 10.1. The molecule has 9 heteroatoms. The monoisotopic (exact) mass is 448 g/mol. The molecule has 2 heterocycles. The molecule has 2 aromatic heterocycles. The van der Waals surface area contributed by atoms with E-state index in [-0.39, 0.29) is 24.2 Å². The maximum absolute atomic E-state index is 12.9. The minimum Gasteiger partial charge on any atom is -0.486 e. The zero-order valence-electron chi connectivity index (χ0n) is 16.9. The van der Waals surface area contributed by atoms with Crippen LogP contribution in [0.1, 0.15) is 54.4 Å². The van der Waals surface area contributed by atoms with Crippen molar-refractivity contribution in [3.8, 4) is 11.5 Å². The number of para-hydroxylation sites is 1. The van der Waals surface area contributed by atoms with E-state index in [1.165, 1.54) is 17.4 Å². The number of nitrogens with zero attached hydrogens (tertiary/aromatic N) is 2. The van der Waals surface area contributed by atoms with Crippen molar-refractivity contribution in [3.63, 3.8) is 0 Å². The van der Waals surface area contributed by atoms with E-state index in [1.54, 1.807) is 41.8 Å². The molecule has 1 aliphatic rings. The quantitative estimate of drug-likeness (QED) is 0.416. The second kappa shape index (κ2) is 9.47. The van der Waals surface area contributed by atoms with Crippen LogP contribution in [0.5, 0.6) is 11.5 Å². The maximum Gasteiger partial charge on any atom is 0.387 e. The Morgan fingerprint density at radius 3 is 2.87 bits per heavy atom. The van der Waals surface area contributed by atoms with Gasteiger partial charge in [-0.25, -0.2) is 9.78 Å². The number of esters is 1. The highest BCUT2D eigenvalue weighted by Crippen LogP contribution is 2.37. The van der Waals surface area contributed by atoms with Crippen LogP contribution >= 0.6 is 11.3 Å². The lowest BCUT2D eigenvalue weighted by Crippen LogP contribution is -2.13. The van der Waals surface area contributed by atoms with Crippen LogP contribution in [0.15, 0.2) is 29.8 Å². The third-order valence-corrected chi connectivity index (χ3v) is 5.75. The van der Waals surface area contributed by atoms with Crippen LogP contribution in [0.25, 0.3) is 17.1 Å². The first-order valence-electron chi connectivity index (χ1n) is 10.1. The number of fused-ring (bicyclic) bond motifs is 1. The molecule has 0 bridgehead atoms. The van der Waals surface area contributed by atoms with Crippen molar-refractivity contribution in [2.75, 3.05) is 6.61 Å². The summed E-state index contributed by atoms with van der Waals surface area (Å²) in [6.45, 7) is -0.980. The van der Waals surface area contributed by atoms with Gasteiger partial charge in [0.05, 0.1) is 18.4 Å². The van der Waals surface area contributed by atoms with E-state index < -0.39 is 12.6 Å². The molecule has 0 aliphatic heterocycles. The first kappa shape index (κ1) is 21.3. The number of benzene rings is 1. The molecule has 4 rings (SSSR count). The molecule has 164 valence electrons. The first-order chi connectivity index (χ1) is 15.1. The molecule has 0 saturated heterocycles. The number of carbonyl (C=O) groups is 1. The van der Waals surface area contributed by atoms with Crippen LogP contribution in [0.4, 0.5) is 8.78 Å². The van der Waals surface area contributed by atoms with Crippen molar-refractivity contribution >= 4 is 34.4 Å². The van der Waals surface area contributed by atoms with Gasteiger partial charge in [-0.3, -0.25) is 4.40 Å². The van der Waals surface area contributed by atoms with Gasteiger partial charge in [0, 0.05) is 17.1 Å². The van der Waals surface area contributed by atoms with Crippen LogP contribution in [0.3, 0.4) is 0 Å². The molecule has 6 nitrogen and oxygen atoms in total. The highest BCUT2D eigenvalue weighted by atomic mass is 32.1. The van der Waals surface area contributed by atoms with E-state index in [0.29, 0.717) is 21.9 Å². The zero-order chi connectivity index (χ0) is 21.8. The summed E-state index contributed by atoms with van der Waals surface area (Å²) >= 11 is 1.40. The van der Waals surface area contributed by atoms with Gasteiger partial charge in [-0.05, 0) is 50.8 Å². The molecule has 31 heavy (non-hydrogen) atoms. The van der Waals surface area contributed by atoms with Gasteiger partial charge in [0.2, 0.25) is 0 Å². The van der Waals surface area contributed by atoms with E-state index in [9.17, 15) is 13.6 Å². The van der Waals surface area contributed by atoms with Crippen molar-refractivity contribution in [2.45, 2.75) is 45.3 Å². The number of hydrogen-bond acceptors (Lipinski definition) is 6. The standard InChI is InChI=1S/C22H22F2N2O4S/c1-2-28-20(27)18-16(25-22-26(18)12-13-31-22)11-10-14-6-5-9-17(30-21(23)24)19(14)29-15-7-3-4-8-15/h5-6,9-13,15,21H,2-4,7-8H2,1H3/b11-10+. The van der Waals surface area contributed by atoms with Crippen molar-refractivity contribution in [1.82, 2.24) is 9.38 Å². The van der Waals surface area contributed by atoms with Crippen molar-refractivity contribution in [1.29, 1.82) is 0 Å². The van der Waals surface area contributed by atoms with E-state index in [4.69, 9.17) is 14.2 Å². The average molecular weight is 448 g/mol. The molecule has 0 spiro atoms. The topological polar surface area (TPSA) is 62.1 Å². The summed E-state index contributed by atoms with van der Waals surface area (Å²) in [5.74, 6) is -0.226. The van der Waals surface area contributed by atoms with Crippen LogP contribution in [0, 0.1) is 0 Å². The number of ether oxygens (including phenoxy) is 3. The molecule has 0 N–H and O–H groups in total. The predicted octanol–water partition coefficient (Wildman–Crippen LogP) is 5.67. The lowest BCUT2D eigenvalue weighted by molar-refractivity contribution is -0.0520. The Balaban J connectivity index is 1.71. The van der Waals surface area contributed by atoms with Gasteiger partial charge in [-0.2, -0.15) is 8.78 Å². The van der Waals surface area contributed by atoms with Crippen LogP contribution in [0.2, 0.25) is 0 Å². The van der Waals surface area contributed by atoms with E-state index in [2.05, 4.69) is 4.98 Å². The van der Waals surface area contributed by atoms with Gasteiger partial charge in [0.15, 0.2) is 22.2 Å². The van der Waals surface area contributed by atoms with Crippen molar-refractivity contribution in [2.24, 2.45) is 0 Å². The minimum atomic E-state index is -2.96. The molecule has 1 saturated carbocycles. The van der Waals surface area contributed by atoms with Gasteiger partial charge < -0.3 is 14.2 Å². The molecule has 0 unspecified atom stereocenters. The first-order valence-corrected chi connectivity index (χ1v) is 11.0. The largest absolute Gasteiger partial charge is 0.486 e. The highest BCUT2D eigenvalue weighted by Gasteiger charge is 2.23. The Bertz CT molecular complexity index is 1090. The number of imidazole rings is 1. The summed E-state index contributed by atoms with van der Waals surface area (Å²) in [4.78, 5) is 17.6. The fraction of sp³-hybridized carbons (Fsp3) is 0.364. The second-order valence-electron chi connectivity index (χ2n) is 7.03. The average Bonchev–Trinajstić information content (AvgIpc) is 3.45. The summed E-state index contributed by atoms with van der Waals surface area (Å²) in [7, 11) is 0. The van der Waals surface area contributed by atoms with Crippen LogP contribution in [-0.2, 0) is 4.74 Å². The Labute approximate surface area is 182 Å². The number of carbonyl (C=O) groups excluding carboxylic acids is 1. The smallest absolute Gasteiger partial charge is 0.387 e. The normalized spacial score (nSPS) is 14.7. The number of alkyl halides is 2. The van der Waals surface area contributed by atoms with Gasteiger partial charge >= 0.3 is 12.6 Å². The number of thiazole rings is 1. The Kier molecular flexibility index (Phi) is 6.50. The van der Waals surface area contributed by atoms with Gasteiger partial charge in [0.25, 0.3) is 0 Å². The van der Waals surface area contributed by atoms with Crippen LogP contribution < -0.4 is 9.47 Å². The Morgan fingerprint density at radius 1 is 1.32 bits per heavy atom. The summed E-state index contributed by atoms with van der Waals surface area (Å²) in [6.07, 6.45) is 8.90. The van der Waals surface area contributed by atoms with E-state index in [0.717, 1.165) is 25.7 Å². The van der Waals surface area contributed by atoms with Crippen molar-refractivity contribution in [3.05, 3.63) is 46.7 Å². The summed E-state index contributed by atoms with van der Waals surface area (Å²) in [6, 6.07) is 4.84. The molecule has 1 aromatic carbocycles. The summed E-state index contributed by atoms with van der Waals surface area (Å²) < 4.78 is 43.5. The fourth-order valence-electron chi connectivity index (χ4n) is 3.64. The number of rotatable bonds is 8. The van der Waals surface area contributed by atoms with Crippen LogP contribution in [-0.4, -0.2) is 34.7 Å². The Hall–Kier alpha value is -2.94. The van der Waals surface area contributed by atoms with E-state index in [1.807, 2.05) is 5.38 Å². The maximum atomic E-state index is 12.9. The fourth-order valence-corrected chi connectivity index (χ4v) is 4.36. The summed E-state index contributed by atoms with van der Waals surface area (Å²) in [5, 5.41) is 1.83. The number of halogens is 2. The Morgan fingerprint density at radius 2 is 2.13 bits per heavy atom. The van der Waals surface area contributed by atoms with Gasteiger partial charge in [-0.1, -0.05) is 12.1 Å². The predicted molar refractivity (Wildman–Crippen MR) is 114 cm³/mol. The molecule has 0 radical (unpaired) electrons. The number of hydrogen-bond donors (Lipinski definition) is 0. The van der Waals surface area contributed by atoms with Gasteiger partial charge in [-0.15, -0.1) is 11.3 Å². The molecule has 1 fully saturated rings. The molecular weight excluding hydrogens is 426 g/mol. The van der Waals surface area contributed by atoms with E-state index >= 15 is 0 Å². The zero-order valence-corrected chi connectivity index (χ0v) is 17.7. The molecule has 1 aliphatic carbocycles. The minimum absolute atomic E-state index is 0.0134. The van der Waals surface area contributed by atoms with Crippen molar-refractivity contribution < 1.29 is 27.8 Å².